The van der Waals surface area contributed by atoms with Crippen molar-refractivity contribution in [1.29, 1.82) is 0 Å². The van der Waals surface area contributed by atoms with Crippen molar-refractivity contribution in [3.05, 3.63) is 34.1 Å². The summed E-state index contributed by atoms with van der Waals surface area (Å²) in [6.07, 6.45) is 0.697. The van der Waals surface area contributed by atoms with Gasteiger partial charge < -0.3 is 14.8 Å². The maximum atomic E-state index is 13.2. The van der Waals surface area contributed by atoms with Crippen molar-refractivity contribution in [3.8, 4) is 0 Å². The number of amides is 1. The van der Waals surface area contributed by atoms with Gasteiger partial charge in [-0.2, -0.15) is 0 Å². The minimum Gasteiger partial charge on any atom is -0.382 e. The van der Waals surface area contributed by atoms with E-state index >= 15 is 0 Å². The van der Waals surface area contributed by atoms with Crippen LogP contribution >= 0.6 is 15.9 Å². The number of nitrogens with one attached hydrogen (secondary N) is 1. The lowest BCUT2D eigenvalue weighted by molar-refractivity contribution is 0.0688. The third-order valence-corrected chi connectivity index (χ3v) is 3.18. The normalized spacial score (nSPS) is 10.5. The molecule has 0 unspecified atom stereocenters. The maximum Gasteiger partial charge on any atom is 0.252 e. The standard InChI is InChI=1S/C13H17BrFNO3/c1-18-8-9-19-7-3-6-16-13(17)10-4-2-5-11(15)12(10)14/h2,4-5H,3,6-9H2,1H3,(H,16,17). The largest absolute Gasteiger partial charge is 0.382 e. The van der Waals surface area contributed by atoms with Crippen LogP contribution in [-0.2, 0) is 9.47 Å². The summed E-state index contributed by atoms with van der Waals surface area (Å²) < 4.78 is 23.5. The molecule has 0 spiro atoms. The van der Waals surface area contributed by atoms with Gasteiger partial charge in [0.1, 0.15) is 5.82 Å². The van der Waals surface area contributed by atoms with Crippen molar-refractivity contribution >= 4 is 21.8 Å². The molecule has 4 nitrogen and oxygen atoms in total. The fraction of sp³-hybridized carbons (Fsp3) is 0.462. The number of halogens is 2. The van der Waals surface area contributed by atoms with E-state index in [9.17, 15) is 9.18 Å². The van der Waals surface area contributed by atoms with Crippen LogP contribution in [0.3, 0.4) is 0 Å². The Labute approximate surface area is 120 Å². The van der Waals surface area contributed by atoms with E-state index < -0.39 is 5.82 Å². The van der Waals surface area contributed by atoms with Crippen LogP contribution in [0.4, 0.5) is 4.39 Å². The molecule has 1 aromatic carbocycles. The number of methoxy groups -OCH3 is 1. The number of hydrogen-bond donors (Lipinski definition) is 1. The Kier molecular flexibility index (Phi) is 7.62. The van der Waals surface area contributed by atoms with Crippen molar-refractivity contribution in [3.63, 3.8) is 0 Å². The van der Waals surface area contributed by atoms with Crippen molar-refractivity contribution in [2.45, 2.75) is 6.42 Å². The van der Waals surface area contributed by atoms with Crippen molar-refractivity contribution in [2.75, 3.05) is 33.5 Å². The van der Waals surface area contributed by atoms with Gasteiger partial charge in [0.15, 0.2) is 0 Å². The summed E-state index contributed by atoms with van der Waals surface area (Å²) in [4.78, 5) is 11.8. The van der Waals surface area contributed by atoms with Gasteiger partial charge in [0, 0.05) is 20.3 Å². The fourth-order valence-corrected chi connectivity index (χ4v) is 1.84. The quantitative estimate of drug-likeness (QED) is 0.743. The first-order chi connectivity index (χ1) is 9.16. The molecule has 1 N–H and O–H groups in total. The van der Waals surface area contributed by atoms with E-state index in [2.05, 4.69) is 21.2 Å². The van der Waals surface area contributed by atoms with Crippen molar-refractivity contribution in [2.24, 2.45) is 0 Å². The summed E-state index contributed by atoms with van der Waals surface area (Å²) >= 11 is 3.06. The van der Waals surface area contributed by atoms with E-state index in [1.807, 2.05) is 0 Å². The van der Waals surface area contributed by atoms with Crippen LogP contribution in [0.5, 0.6) is 0 Å². The summed E-state index contributed by atoms with van der Waals surface area (Å²) in [7, 11) is 1.61. The number of carbonyl (C=O) groups is 1. The van der Waals surface area contributed by atoms with Gasteiger partial charge in [-0.15, -0.1) is 0 Å². The molecule has 0 bridgehead atoms. The number of hydrogen-bond acceptors (Lipinski definition) is 3. The number of benzene rings is 1. The minimum atomic E-state index is -0.449. The lowest BCUT2D eigenvalue weighted by Crippen LogP contribution is -2.26. The van der Waals surface area contributed by atoms with Crippen LogP contribution in [0.25, 0.3) is 0 Å². The molecular weight excluding hydrogens is 317 g/mol. The van der Waals surface area contributed by atoms with Gasteiger partial charge in [0.2, 0.25) is 0 Å². The second-order valence-electron chi connectivity index (χ2n) is 3.82. The van der Waals surface area contributed by atoms with Crippen LogP contribution < -0.4 is 5.32 Å². The highest BCUT2D eigenvalue weighted by molar-refractivity contribution is 9.10. The van der Waals surface area contributed by atoms with Crippen molar-refractivity contribution in [1.82, 2.24) is 5.32 Å². The molecule has 0 saturated heterocycles. The van der Waals surface area contributed by atoms with E-state index in [4.69, 9.17) is 9.47 Å². The molecule has 0 aliphatic rings. The zero-order chi connectivity index (χ0) is 14.1. The first-order valence-corrected chi connectivity index (χ1v) is 6.75. The second-order valence-corrected chi connectivity index (χ2v) is 4.61. The van der Waals surface area contributed by atoms with Gasteiger partial charge in [-0.3, -0.25) is 4.79 Å². The highest BCUT2D eigenvalue weighted by Gasteiger charge is 2.12. The molecule has 1 aromatic rings. The lowest BCUT2D eigenvalue weighted by atomic mass is 10.2. The summed E-state index contributed by atoms with van der Waals surface area (Å²) in [6, 6.07) is 4.37. The zero-order valence-corrected chi connectivity index (χ0v) is 12.3. The predicted molar refractivity (Wildman–Crippen MR) is 73.7 cm³/mol. The van der Waals surface area contributed by atoms with Crippen LogP contribution in [0.2, 0.25) is 0 Å². The monoisotopic (exact) mass is 333 g/mol. The van der Waals surface area contributed by atoms with E-state index in [0.29, 0.717) is 38.3 Å². The Bertz CT molecular complexity index is 415. The first-order valence-electron chi connectivity index (χ1n) is 5.95. The van der Waals surface area contributed by atoms with Crippen LogP contribution in [0.15, 0.2) is 22.7 Å². The Morgan fingerprint density at radius 1 is 1.37 bits per heavy atom. The molecule has 1 amide bonds. The summed E-state index contributed by atoms with van der Waals surface area (Å²) in [6.45, 7) is 2.13. The number of carbonyl (C=O) groups excluding carboxylic acids is 1. The Balaban J connectivity index is 2.26. The Morgan fingerprint density at radius 3 is 2.89 bits per heavy atom. The first kappa shape index (κ1) is 16.1. The highest BCUT2D eigenvalue weighted by Crippen LogP contribution is 2.20. The van der Waals surface area contributed by atoms with Crippen LogP contribution in [0.1, 0.15) is 16.8 Å². The van der Waals surface area contributed by atoms with E-state index in [0.717, 1.165) is 0 Å². The number of ether oxygens (including phenoxy) is 2. The number of rotatable bonds is 8. The summed E-state index contributed by atoms with van der Waals surface area (Å²) in [5.74, 6) is -0.751. The molecule has 0 heterocycles. The highest BCUT2D eigenvalue weighted by atomic mass is 79.9. The topological polar surface area (TPSA) is 47.6 Å². The smallest absolute Gasteiger partial charge is 0.252 e. The predicted octanol–water partition coefficient (Wildman–Crippen LogP) is 2.37. The molecule has 6 heteroatoms. The second kappa shape index (κ2) is 9.01. The van der Waals surface area contributed by atoms with Gasteiger partial charge in [-0.05, 0) is 34.5 Å². The van der Waals surface area contributed by atoms with Crippen molar-refractivity contribution < 1.29 is 18.7 Å². The van der Waals surface area contributed by atoms with E-state index in [1.165, 1.54) is 12.1 Å². The molecule has 19 heavy (non-hydrogen) atoms. The van der Waals surface area contributed by atoms with Crippen LogP contribution in [0, 0.1) is 5.82 Å². The average molecular weight is 334 g/mol. The minimum absolute atomic E-state index is 0.184. The molecule has 0 saturated carbocycles. The van der Waals surface area contributed by atoms with Crippen LogP contribution in [-0.4, -0.2) is 39.4 Å². The third kappa shape index (κ3) is 5.67. The summed E-state index contributed by atoms with van der Waals surface area (Å²) in [5.41, 5.74) is 0.292. The Hall–Kier alpha value is -0.980. The van der Waals surface area contributed by atoms with Gasteiger partial charge in [-0.25, -0.2) is 4.39 Å². The molecule has 0 aliphatic heterocycles. The molecule has 1 rings (SSSR count). The molecule has 0 atom stereocenters. The summed E-state index contributed by atoms with van der Waals surface area (Å²) in [5, 5.41) is 2.71. The lowest BCUT2D eigenvalue weighted by Gasteiger charge is -2.07. The van der Waals surface area contributed by atoms with Gasteiger partial charge >= 0.3 is 0 Å². The van der Waals surface area contributed by atoms with E-state index in [-0.39, 0.29) is 10.4 Å². The maximum absolute atomic E-state index is 13.2. The third-order valence-electron chi connectivity index (χ3n) is 2.38. The zero-order valence-electron chi connectivity index (χ0n) is 10.7. The molecular formula is C13H17BrFNO3. The fourth-order valence-electron chi connectivity index (χ4n) is 1.39. The molecule has 0 aliphatic carbocycles. The van der Waals surface area contributed by atoms with Gasteiger partial charge in [0.05, 0.1) is 23.2 Å². The molecule has 0 radical (unpaired) electrons. The van der Waals surface area contributed by atoms with Gasteiger partial charge in [0.25, 0.3) is 5.91 Å². The molecule has 106 valence electrons. The van der Waals surface area contributed by atoms with E-state index in [1.54, 1.807) is 13.2 Å². The average Bonchev–Trinajstić information content (AvgIpc) is 2.40. The van der Waals surface area contributed by atoms with Gasteiger partial charge in [-0.1, -0.05) is 6.07 Å². The Morgan fingerprint density at radius 2 is 2.16 bits per heavy atom. The molecule has 0 aromatic heterocycles. The SMILES string of the molecule is COCCOCCCNC(=O)c1cccc(F)c1Br. The molecule has 0 fully saturated rings.